The molecular weight excluding hydrogens is 426 g/mol. The van der Waals surface area contributed by atoms with E-state index in [0.29, 0.717) is 13.0 Å². The van der Waals surface area contributed by atoms with Crippen molar-refractivity contribution in [3.05, 3.63) is 0 Å². The molecule has 1 saturated heterocycles. The second-order valence-electron chi connectivity index (χ2n) is 11.8. The minimum absolute atomic E-state index is 0.0443. The highest BCUT2D eigenvalue weighted by atomic mass is 16.5. The molecule has 5 saturated carbocycles. The Hall–Kier alpha value is -0.320. The fourth-order valence-electron chi connectivity index (χ4n) is 11.0. The Morgan fingerprint density at radius 3 is 2.36 bits per heavy atom. The van der Waals surface area contributed by atoms with Crippen molar-refractivity contribution in [1.29, 1.82) is 0 Å². The Morgan fingerprint density at radius 1 is 1.03 bits per heavy atom. The number of fused-ring (bicyclic) bond motifs is 2. The summed E-state index contributed by atoms with van der Waals surface area (Å²) in [6.45, 7) is 3.59. The normalized spacial score (nSPS) is 60.9. The summed E-state index contributed by atoms with van der Waals surface area (Å²) >= 11 is 0. The summed E-state index contributed by atoms with van der Waals surface area (Å²) in [5, 5.41) is 36.6. The third-order valence-electron chi connectivity index (χ3n) is 11.6. The van der Waals surface area contributed by atoms with Gasteiger partial charge >= 0.3 is 0 Å². The minimum Gasteiger partial charge on any atom is -0.396 e. The standard InChI is InChI=1S/C25H41NO7/c1-6-26-11-22(12-27)8-7-16(31-3)24-14-9-13-15(30-2)10-23(28,17(14)18(13)32-4)25(29,21(24)26)20(33-5)19(22)24/h13-21,27-29H,6-12H2,1-5H3/t13?,14?,15-,16-,17?,18-,19+,20-,21?,22-,23+,24-,25-/m0/s1. The van der Waals surface area contributed by atoms with E-state index in [1.165, 1.54) is 0 Å². The van der Waals surface area contributed by atoms with E-state index in [1.54, 1.807) is 28.4 Å². The van der Waals surface area contributed by atoms with E-state index in [9.17, 15) is 15.3 Å². The molecule has 1 aliphatic heterocycles. The second-order valence-corrected chi connectivity index (χ2v) is 11.8. The topological polar surface area (TPSA) is 101 Å². The quantitative estimate of drug-likeness (QED) is 0.512. The van der Waals surface area contributed by atoms with Gasteiger partial charge in [-0.15, -0.1) is 0 Å². The van der Waals surface area contributed by atoms with Crippen LogP contribution >= 0.6 is 0 Å². The van der Waals surface area contributed by atoms with Crippen LogP contribution in [0.3, 0.4) is 0 Å². The Balaban J connectivity index is 1.68. The number of rotatable bonds is 6. The van der Waals surface area contributed by atoms with Crippen molar-refractivity contribution in [2.75, 3.05) is 48.1 Å². The highest BCUT2D eigenvalue weighted by Crippen LogP contribution is 2.80. The first-order valence-corrected chi connectivity index (χ1v) is 12.7. The first kappa shape index (κ1) is 23.1. The molecule has 1 heterocycles. The van der Waals surface area contributed by atoms with E-state index >= 15 is 0 Å². The zero-order chi connectivity index (χ0) is 23.6. The van der Waals surface area contributed by atoms with E-state index in [2.05, 4.69) is 11.8 Å². The summed E-state index contributed by atoms with van der Waals surface area (Å²) in [5.74, 6) is -0.0916. The lowest BCUT2D eigenvalue weighted by atomic mass is 9.42. The van der Waals surface area contributed by atoms with Gasteiger partial charge in [0.1, 0.15) is 11.2 Å². The van der Waals surface area contributed by atoms with E-state index in [1.807, 2.05) is 0 Å². The second kappa shape index (κ2) is 7.13. The predicted molar refractivity (Wildman–Crippen MR) is 119 cm³/mol. The van der Waals surface area contributed by atoms with Gasteiger partial charge in [0, 0.05) is 70.0 Å². The van der Waals surface area contributed by atoms with Crippen molar-refractivity contribution < 1.29 is 34.3 Å². The van der Waals surface area contributed by atoms with Gasteiger partial charge in [0.2, 0.25) is 0 Å². The lowest BCUT2D eigenvalue weighted by Crippen LogP contribution is -2.82. The van der Waals surface area contributed by atoms with Crippen molar-refractivity contribution in [3.63, 3.8) is 0 Å². The third-order valence-corrected chi connectivity index (χ3v) is 11.6. The molecule has 7 bridgehead atoms. The summed E-state index contributed by atoms with van der Waals surface area (Å²) < 4.78 is 24.5. The Morgan fingerprint density at radius 2 is 1.79 bits per heavy atom. The molecule has 0 radical (unpaired) electrons. The maximum atomic E-state index is 13.0. The zero-order valence-electron chi connectivity index (χ0n) is 20.6. The van der Waals surface area contributed by atoms with Crippen molar-refractivity contribution in [3.8, 4) is 0 Å². The molecule has 0 aromatic heterocycles. The number of piperidine rings is 1. The van der Waals surface area contributed by atoms with Crippen molar-refractivity contribution >= 4 is 0 Å². The highest BCUT2D eigenvalue weighted by Gasteiger charge is 2.91. The Bertz CT molecular complexity index is 814. The van der Waals surface area contributed by atoms with Crippen LogP contribution in [0.1, 0.15) is 32.6 Å². The van der Waals surface area contributed by atoms with Crippen LogP contribution < -0.4 is 0 Å². The number of nitrogens with zero attached hydrogens (tertiary/aromatic N) is 1. The molecule has 0 amide bonds. The summed E-state index contributed by atoms with van der Waals surface area (Å²) in [6.07, 6.45) is 1.81. The fraction of sp³-hybridized carbons (Fsp3) is 1.00. The first-order valence-electron chi connectivity index (χ1n) is 12.7. The smallest absolute Gasteiger partial charge is 0.136 e. The molecule has 5 aliphatic carbocycles. The number of hydrogen-bond acceptors (Lipinski definition) is 8. The van der Waals surface area contributed by atoms with Gasteiger partial charge in [0.15, 0.2) is 0 Å². The van der Waals surface area contributed by atoms with Crippen LogP contribution in [0.25, 0.3) is 0 Å². The number of aliphatic hydroxyl groups excluding tert-OH is 1. The van der Waals surface area contributed by atoms with Crippen LogP contribution in [0.15, 0.2) is 0 Å². The van der Waals surface area contributed by atoms with Crippen LogP contribution in [0, 0.1) is 34.5 Å². The Labute approximate surface area is 196 Å². The zero-order valence-corrected chi connectivity index (χ0v) is 20.6. The van der Waals surface area contributed by atoms with E-state index in [-0.39, 0.29) is 54.6 Å². The monoisotopic (exact) mass is 467 g/mol. The number of likely N-dealkylation sites (tertiary alicyclic amines) is 1. The predicted octanol–water partition coefficient (Wildman–Crippen LogP) is 0.271. The largest absolute Gasteiger partial charge is 0.396 e. The molecule has 6 aliphatic rings. The number of methoxy groups -OCH3 is 4. The maximum absolute atomic E-state index is 13.0. The molecule has 6 rings (SSSR count). The highest BCUT2D eigenvalue weighted by molar-refractivity contribution is 5.41. The third kappa shape index (κ3) is 2.16. The van der Waals surface area contributed by atoms with Gasteiger partial charge in [-0.05, 0) is 31.7 Å². The number of hydrogen-bond donors (Lipinski definition) is 3. The molecule has 188 valence electrons. The van der Waals surface area contributed by atoms with Gasteiger partial charge in [-0.2, -0.15) is 0 Å². The average molecular weight is 468 g/mol. The lowest BCUT2D eigenvalue weighted by Gasteiger charge is -2.70. The number of aliphatic hydroxyl groups is 3. The van der Waals surface area contributed by atoms with Gasteiger partial charge in [0.25, 0.3) is 0 Å². The van der Waals surface area contributed by atoms with Crippen LogP contribution in [-0.4, -0.2) is 110 Å². The molecule has 8 heteroatoms. The maximum Gasteiger partial charge on any atom is 0.136 e. The molecule has 13 atom stereocenters. The Kier molecular flexibility index (Phi) is 4.99. The summed E-state index contributed by atoms with van der Waals surface area (Å²) in [6, 6.07) is -0.312. The van der Waals surface area contributed by atoms with Crippen molar-refractivity contribution in [2.45, 2.75) is 74.3 Å². The molecule has 8 nitrogen and oxygen atoms in total. The van der Waals surface area contributed by atoms with Crippen molar-refractivity contribution in [2.24, 2.45) is 34.5 Å². The van der Waals surface area contributed by atoms with Gasteiger partial charge in [-0.1, -0.05) is 6.92 Å². The molecule has 4 unspecified atom stereocenters. The first-order chi connectivity index (χ1) is 15.8. The number of likely N-dealkylation sites (N-methyl/N-ethyl adjacent to an activating group) is 1. The summed E-state index contributed by atoms with van der Waals surface area (Å²) in [7, 11) is 6.85. The molecule has 1 spiro atoms. The fourth-order valence-corrected chi connectivity index (χ4v) is 11.0. The van der Waals surface area contributed by atoms with Crippen molar-refractivity contribution in [1.82, 2.24) is 4.90 Å². The SMILES string of the molecule is CCN1C[C@]2(CO)CC[C@H](OC)[C@]34C5CC6[C@H](OC)C5[C@](O)(C[C@@H]6OC)[C@@](O)(C13)[C@@H](OC)[C@H]24. The van der Waals surface area contributed by atoms with Crippen LogP contribution in [0.5, 0.6) is 0 Å². The summed E-state index contributed by atoms with van der Waals surface area (Å²) in [4.78, 5) is 2.33. The molecule has 6 fully saturated rings. The van der Waals surface area contributed by atoms with E-state index in [4.69, 9.17) is 18.9 Å². The van der Waals surface area contributed by atoms with E-state index in [0.717, 1.165) is 25.8 Å². The van der Waals surface area contributed by atoms with Gasteiger partial charge in [0.05, 0.1) is 37.1 Å². The van der Waals surface area contributed by atoms with E-state index < -0.39 is 28.1 Å². The molecule has 0 aromatic carbocycles. The molecule has 0 aromatic rings. The van der Waals surface area contributed by atoms with Gasteiger partial charge in [-0.3, -0.25) is 4.90 Å². The minimum atomic E-state index is -1.52. The van der Waals surface area contributed by atoms with Gasteiger partial charge in [-0.25, -0.2) is 0 Å². The van der Waals surface area contributed by atoms with Crippen LogP contribution in [0.2, 0.25) is 0 Å². The molecule has 33 heavy (non-hydrogen) atoms. The average Bonchev–Trinajstić information content (AvgIpc) is 3.24. The number of ether oxygens (including phenoxy) is 4. The lowest BCUT2D eigenvalue weighted by molar-refractivity contribution is -0.320. The summed E-state index contributed by atoms with van der Waals surface area (Å²) in [5.41, 5.74) is -3.78. The van der Waals surface area contributed by atoms with Crippen LogP contribution in [0.4, 0.5) is 0 Å². The molecular formula is C25H41NO7. The van der Waals surface area contributed by atoms with Crippen LogP contribution in [-0.2, 0) is 18.9 Å². The molecule has 3 N–H and O–H groups in total. The van der Waals surface area contributed by atoms with Gasteiger partial charge < -0.3 is 34.3 Å².